The highest BCUT2D eigenvalue weighted by molar-refractivity contribution is 5.78. The van der Waals surface area contributed by atoms with Crippen LogP contribution in [0.1, 0.15) is 40.0 Å². The first-order valence-electron chi connectivity index (χ1n) is 6.95. The van der Waals surface area contributed by atoms with Crippen LogP contribution in [0.25, 0.3) is 0 Å². The lowest BCUT2D eigenvalue weighted by Crippen LogP contribution is -2.38. The molecular formula is C14H26N2O. The molecule has 1 saturated carbocycles. The highest BCUT2D eigenvalue weighted by Crippen LogP contribution is 2.33. The Kier molecular flexibility index (Phi) is 3.76. The van der Waals surface area contributed by atoms with Gasteiger partial charge in [0.05, 0.1) is 6.54 Å². The van der Waals surface area contributed by atoms with Gasteiger partial charge in [0.1, 0.15) is 0 Å². The Morgan fingerprint density at radius 2 is 2.00 bits per heavy atom. The molecule has 2 rings (SSSR count). The van der Waals surface area contributed by atoms with Gasteiger partial charge in [0.25, 0.3) is 0 Å². The molecule has 3 nitrogen and oxygen atoms in total. The quantitative estimate of drug-likeness (QED) is 0.811. The van der Waals surface area contributed by atoms with Crippen molar-refractivity contribution in [2.24, 2.45) is 17.3 Å². The van der Waals surface area contributed by atoms with E-state index in [9.17, 15) is 4.79 Å². The monoisotopic (exact) mass is 238 g/mol. The van der Waals surface area contributed by atoms with E-state index in [1.165, 1.54) is 12.8 Å². The first-order valence-corrected chi connectivity index (χ1v) is 6.95. The molecule has 2 fully saturated rings. The van der Waals surface area contributed by atoms with Crippen LogP contribution in [0.3, 0.4) is 0 Å². The molecule has 17 heavy (non-hydrogen) atoms. The van der Waals surface area contributed by atoms with Gasteiger partial charge < -0.3 is 10.2 Å². The Hall–Kier alpha value is -0.570. The fourth-order valence-corrected chi connectivity index (χ4v) is 2.51. The number of likely N-dealkylation sites (tertiary alicyclic amines) is 1. The third-order valence-corrected chi connectivity index (χ3v) is 4.17. The zero-order valence-electron chi connectivity index (χ0n) is 11.5. The van der Waals surface area contributed by atoms with E-state index < -0.39 is 0 Å². The van der Waals surface area contributed by atoms with Crippen molar-refractivity contribution in [3.8, 4) is 0 Å². The second-order valence-corrected chi connectivity index (χ2v) is 6.77. The number of carbonyl (C=O) groups is 1. The summed E-state index contributed by atoms with van der Waals surface area (Å²) in [6.07, 6.45) is 3.85. The summed E-state index contributed by atoms with van der Waals surface area (Å²) in [5, 5.41) is 3.29. The topological polar surface area (TPSA) is 32.3 Å². The summed E-state index contributed by atoms with van der Waals surface area (Å²) in [6.45, 7) is 10.3. The third kappa shape index (κ3) is 3.70. The van der Waals surface area contributed by atoms with E-state index in [1.807, 2.05) is 4.90 Å². The average Bonchev–Trinajstić information content (AvgIpc) is 2.91. The number of hydrogen-bond donors (Lipinski definition) is 1. The minimum absolute atomic E-state index is 0.289. The van der Waals surface area contributed by atoms with Crippen LogP contribution >= 0.6 is 0 Å². The van der Waals surface area contributed by atoms with Crippen molar-refractivity contribution in [1.29, 1.82) is 0 Å². The molecule has 0 spiro atoms. The van der Waals surface area contributed by atoms with Crippen LogP contribution in [0.15, 0.2) is 0 Å². The molecule has 2 aliphatic rings. The predicted octanol–water partition coefficient (Wildman–Crippen LogP) is 1.88. The lowest BCUT2D eigenvalue weighted by Gasteiger charge is -2.27. The van der Waals surface area contributed by atoms with Crippen molar-refractivity contribution in [2.75, 3.05) is 26.2 Å². The highest BCUT2D eigenvalue weighted by Gasteiger charge is 2.33. The van der Waals surface area contributed by atoms with Gasteiger partial charge in [0.15, 0.2) is 0 Å². The van der Waals surface area contributed by atoms with Crippen LogP contribution in [0.2, 0.25) is 0 Å². The van der Waals surface area contributed by atoms with Gasteiger partial charge in [-0.15, -0.1) is 0 Å². The molecule has 98 valence electrons. The fraction of sp³-hybridized carbons (Fsp3) is 0.929. The maximum absolute atomic E-state index is 12.0. The first kappa shape index (κ1) is 12.9. The van der Waals surface area contributed by atoms with Crippen molar-refractivity contribution in [2.45, 2.75) is 40.0 Å². The molecular weight excluding hydrogens is 212 g/mol. The van der Waals surface area contributed by atoms with E-state index in [1.54, 1.807) is 0 Å². The molecule has 0 radical (unpaired) electrons. The van der Waals surface area contributed by atoms with Gasteiger partial charge in [0, 0.05) is 13.1 Å². The van der Waals surface area contributed by atoms with E-state index in [0.717, 1.165) is 32.0 Å². The van der Waals surface area contributed by atoms with Gasteiger partial charge >= 0.3 is 0 Å². The number of amides is 1. The van der Waals surface area contributed by atoms with Crippen molar-refractivity contribution in [3.63, 3.8) is 0 Å². The molecule has 1 heterocycles. The minimum atomic E-state index is 0.289. The Balaban J connectivity index is 1.69. The Labute approximate surface area is 105 Å². The zero-order chi connectivity index (χ0) is 12.5. The standard InChI is InChI=1S/C14H26N2O/c1-14(2,3)12-6-7-16(10-12)13(17)9-15-8-11-4-5-11/h11-12,15H,4-10H2,1-3H3. The molecule has 0 aromatic heterocycles. The molecule has 1 unspecified atom stereocenters. The zero-order valence-corrected chi connectivity index (χ0v) is 11.5. The third-order valence-electron chi connectivity index (χ3n) is 4.17. The SMILES string of the molecule is CC(C)(C)C1CCN(C(=O)CNCC2CC2)C1. The molecule has 1 saturated heterocycles. The number of nitrogens with one attached hydrogen (secondary N) is 1. The van der Waals surface area contributed by atoms with Gasteiger partial charge in [0.2, 0.25) is 5.91 Å². The molecule has 1 amide bonds. The second-order valence-electron chi connectivity index (χ2n) is 6.77. The summed E-state index contributed by atoms with van der Waals surface area (Å²) >= 11 is 0. The summed E-state index contributed by atoms with van der Waals surface area (Å²) < 4.78 is 0. The van der Waals surface area contributed by atoms with Crippen LogP contribution in [-0.4, -0.2) is 37.0 Å². The van der Waals surface area contributed by atoms with Crippen LogP contribution in [-0.2, 0) is 4.79 Å². The second kappa shape index (κ2) is 4.97. The predicted molar refractivity (Wildman–Crippen MR) is 69.7 cm³/mol. The van der Waals surface area contributed by atoms with Crippen molar-refractivity contribution < 1.29 is 4.79 Å². The van der Waals surface area contributed by atoms with Gasteiger partial charge in [-0.05, 0) is 43.1 Å². The summed E-state index contributed by atoms with van der Waals surface area (Å²) in [6, 6.07) is 0. The van der Waals surface area contributed by atoms with Crippen LogP contribution < -0.4 is 5.32 Å². The first-order chi connectivity index (χ1) is 7.97. The summed E-state index contributed by atoms with van der Waals surface area (Å²) in [5.41, 5.74) is 0.330. The van der Waals surface area contributed by atoms with Gasteiger partial charge in [-0.2, -0.15) is 0 Å². The highest BCUT2D eigenvalue weighted by atomic mass is 16.2. The van der Waals surface area contributed by atoms with Crippen molar-refractivity contribution in [3.05, 3.63) is 0 Å². The maximum Gasteiger partial charge on any atom is 0.236 e. The lowest BCUT2D eigenvalue weighted by atomic mass is 9.80. The Bertz CT molecular complexity index is 278. The van der Waals surface area contributed by atoms with Crippen molar-refractivity contribution in [1.82, 2.24) is 10.2 Å². The summed E-state index contributed by atoms with van der Waals surface area (Å²) in [4.78, 5) is 14.0. The smallest absolute Gasteiger partial charge is 0.236 e. The maximum atomic E-state index is 12.0. The molecule has 3 heteroatoms. The molecule has 1 aliphatic carbocycles. The molecule has 1 N–H and O–H groups in total. The molecule has 0 bridgehead atoms. The van der Waals surface area contributed by atoms with Gasteiger partial charge in [-0.1, -0.05) is 20.8 Å². The number of rotatable bonds is 4. The molecule has 0 aromatic carbocycles. The number of carbonyl (C=O) groups excluding carboxylic acids is 1. The lowest BCUT2D eigenvalue weighted by molar-refractivity contribution is -0.129. The molecule has 1 atom stereocenters. The van der Waals surface area contributed by atoms with E-state index in [2.05, 4.69) is 26.1 Å². The summed E-state index contributed by atoms with van der Waals surface area (Å²) in [7, 11) is 0. The van der Waals surface area contributed by atoms with E-state index in [-0.39, 0.29) is 5.91 Å². The Morgan fingerprint density at radius 1 is 1.29 bits per heavy atom. The van der Waals surface area contributed by atoms with E-state index in [0.29, 0.717) is 17.9 Å². The van der Waals surface area contributed by atoms with Crippen LogP contribution in [0.5, 0.6) is 0 Å². The number of hydrogen-bond acceptors (Lipinski definition) is 2. The van der Waals surface area contributed by atoms with Gasteiger partial charge in [-0.3, -0.25) is 4.79 Å². The normalized spacial score (nSPS) is 25.4. The van der Waals surface area contributed by atoms with E-state index in [4.69, 9.17) is 0 Å². The largest absolute Gasteiger partial charge is 0.341 e. The van der Waals surface area contributed by atoms with Crippen LogP contribution in [0, 0.1) is 17.3 Å². The fourth-order valence-electron chi connectivity index (χ4n) is 2.51. The molecule has 1 aliphatic heterocycles. The van der Waals surface area contributed by atoms with Crippen LogP contribution in [0.4, 0.5) is 0 Å². The van der Waals surface area contributed by atoms with Crippen molar-refractivity contribution >= 4 is 5.91 Å². The van der Waals surface area contributed by atoms with E-state index >= 15 is 0 Å². The summed E-state index contributed by atoms with van der Waals surface area (Å²) in [5.74, 6) is 1.80. The number of nitrogens with zero attached hydrogens (tertiary/aromatic N) is 1. The molecule has 0 aromatic rings. The minimum Gasteiger partial charge on any atom is -0.341 e. The van der Waals surface area contributed by atoms with Gasteiger partial charge in [-0.25, -0.2) is 0 Å². The Morgan fingerprint density at radius 3 is 2.53 bits per heavy atom. The average molecular weight is 238 g/mol.